The molecule has 70 valence electrons. The second-order valence-electron chi connectivity index (χ2n) is 2.25. The van der Waals surface area contributed by atoms with Gasteiger partial charge in [0.2, 0.25) is 0 Å². The monoisotopic (exact) mass is 203 g/mol. The summed E-state index contributed by atoms with van der Waals surface area (Å²) in [6.45, 7) is 0. The third-order valence-corrected chi connectivity index (χ3v) is 2.15. The Hall–Kier alpha value is -1.23. The van der Waals surface area contributed by atoms with Crippen molar-refractivity contribution >= 4 is 19.0 Å². The molecule has 13 heavy (non-hydrogen) atoms. The zero-order valence-corrected chi connectivity index (χ0v) is 7.18. The molecular weight excluding hydrogens is 197 g/mol. The van der Waals surface area contributed by atoms with Crippen molar-refractivity contribution in [2.24, 2.45) is 0 Å². The molecule has 0 aliphatic heterocycles. The molecule has 0 atom stereocenters. The summed E-state index contributed by atoms with van der Waals surface area (Å²) in [6, 6.07) is 2.08. The SMILES string of the molecule is O=C(O)c1ccc(P(=O)(O)O)nc1. The summed E-state index contributed by atoms with van der Waals surface area (Å²) in [5.74, 6) is -1.19. The number of nitrogens with zero attached hydrogens (tertiary/aromatic N) is 1. The molecular formula is C6H6NO5P. The molecule has 0 bridgehead atoms. The predicted molar refractivity (Wildman–Crippen MR) is 42.9 cm³/mol. The number of hydrogen-bond donors (Lipinski definition) is 3. The Kier molecular flexibility index (Phi) is 2.47. The first-order valence-corrected chi connectivity index (χ1v) is 4.78. The molecule has 0 radical (unpaired) electrons. The van der Waals surface area contributed by atoms with Crippen LogP contribution in [0.2, 0.25) is 0 Å². The Morgan fingerprint density at radius 3 is 2.31 bits per heavy atom. The first-order valence-electron chi connectivity index (χ1n) is 3.17. The molecule has 0 fully saturated rings. The van der Waals surface area contributed by atoms with Crippen molar-refractivity contribution < 1.29 is 24.3 Å². The number of hydrogen-bond acceptors (Lipinski definition) is 3. The van der Waals surface area contributed by atoms with Gasteiger partial charge in [-0.3, -0.25) is 4.57 Å². The second-order valence-corrected chi connectivity index (χ2v) is 3.80. The minimum absolute atomic E-state index is 0.114. The summed E-state index contributed by atoms with van der Waals surface area (Å²) >= 11 is 0. The van der Waals surface area contributed by atoms with Gasteiger partial charge in [-0.2, -0.15) is 0 Å². The Bertz CT molecular complexity index is 367. The molecule has 6 nitrogen and oxygen atoms in total. The van der Waals surface area contributed by atoms with Crippen LogP contribution in [0, 0.1) is 0 Å². The highest BCUT2D eigenvalue weighted by Crippen LogP contribution is 2.31. The molecule has 3 N–H and O–H groups in total. The maximum atomic E-state index is 10.6. The Labute approximate surface area is 73.0 Å². The van der Waals surface area contributed by atoms with Crippen LogP contribution in [0.15, 0.2) is 18.3 Å². The van der Waals surface area contributed by atoms with E-state index in [1.54, 1.807) is 0 Å². The number of carboxylic acid groups (broad SMARTS) is 1. The van der Waals surface area contributed by atoms with E-state index in [2.05, 4.69) is 4.98 Å². The number of rotatable bonds is 2. The lowest BCUT2D eigenvalue weighted by atomic mass is 10.3. The number of aromatic carboxylic acids is 1. The van der Waals surface area contributed by atoms with E-state index in [4.69, 9.17) is 14.9 Å². The fourth-order valence-corrected chi connectivity index (χ4v) is 1.16. The van der Waals surface area contributed by atoms with Crippen LogP contribution in [-0.4, -0.2) is 25.8 Å². The van der Waals surface area contributed by atoms with Crippen LogP contribution in [0.25, 0.3) is 0 Å². The van der Waals surface area contributed by atoms with Crippen molar-refractivity contribution in [3.8, 4) is 0 Å². The average Bonchev–Trinajstić information content (AvgIpc) is 2.03. The first kappa shape index (κ1) is 9.85. The minimum atomic E-state index is -4.37. The molecule has 0 unspecified atom stereocenters. The van der Waals surface area contributed by atoms with Crippen molar-refractivity contribution in [2.75, 3.05) is 0 Å². The van der Waals surface area contributed by atoms with Crippen LogP contribution in [-0.2, 0) is 4.57 Å². The van der Waals surface area contributed by atoms with Crippen LogP contribution in [0.1, 0.15) is 10.4 Å². The lowest BCUT2D eigenvalue weighted by Gasteiger charge is -2.01. The van der Waals surface area contributed by atoms with E-state index in [1.165, 1.54) is 0 Å². The second kappa shape index (κ2) is 3.26. The van der Waals surface area contributed by atoms with Crippen molar-refractivity contribution in [3.05, 3.63) is 23.9 Å². The maximum Gasteiger partial charge on any atom is 0.374 e. The summed E-state index contributed by atoms with van der Waals surface area (Å²) in [4.78, 5) is 30.9. The fraction of sp³-hybridized carbons (Fsp3) is 0. The van der Waals surface area contributed by atoms with Crippen LogP contribution < -0.4 is 5.44 Å². The highest BCUT2D eigenvalue weighted by Gasteiger charge is 2.18. The predicted octanol–water partition coefficient (Wildman–Crippen LogP) is -0.417. The third kappa shape index (κ3) is 2.35. The molecule has 0 aliphatic carbocycles. The van der Waals surface area contributed by atoms with Gasteiger partial charge in [-0.15, -0.1) is 0 Å². The standard InChI is InChI=1S/C6H6NO5P/c8-6(9)4-1-2-5(7-3-4)13(10,11)12/h1-3H,(H,8,9)(H2,10,11,12). The van der Waals surface area contributed by atoms with Crippen LogP contribution >= 0.6 is 7.60 Å². The van der Waals surface area contributed by atoms with Crippen LogP contribution in [0.3, 0.4) is 0 Å². The Morgan fingerprint density at radius 2 is 2.00 bits per heavy atom. The number of carbonyl (C=O) groups is 1. The van der Waals surface area contributed by atoms with Crippen molar-refractivity contribution in [1.29, 1.82) is 0 Å². The summed E-state index contributed by atoms with van der Waals surface area (Å²) < 4.78 is 10.6. The van der Waals surface area contributed by atoms with Gasteiger partial charge >= 0.3 is 13.6 Å². The van der Waals surface area contributed by atoms with Crippen LogP contribution in [0.5, 0.6) is 0 Å². The highest BCUT2D eigenvalue weighted by molar-refractivity contribution is 7.60. The zero-order chi connectivity index (χ0) is 10.1. The molecule has 1 aromatic rings. The van der Waals surface area contributed by atoms with Gasteiger partial charge in [0.1, 0.15) is 0 Å². The Morgan fingerprint density at radius 1 is 1.38 bits per heavy atom. The minimum Gasteiger partial charge on any atom is -0.478 e. The zero-order valence-electron chi connectivity index (χ0n) is 6.28. The fourth-order valence-electron chi connectivity index (χ4n) is 0.685. The molecule has 1 heterocycles. The molecule has 0 amide bonds. The van der Waals surface area contributed by atoms with Gasteiger partial charge in [-0.1, -0.05) is 0 Å². The van der Waals surface area contributed by atoms with Gasteiger partial charge in [0.25, 0.3) is 0 Å². The van der Waals surface area contributed by atoms with E-state index in [0.29, 0.717) is 0 Å². The maximum absolute atomic E-state index is 10.6. The molecule has 0 aliphatic rings. The molecule has 0 aromatic carbocycles. The summed E-state index contributed by atoms with van der Waals surface area (Å²) in [5, 5.41) is 8.44. The molecule has 7 heteroatoms. The van der Waals surface area contributed by atoms with Gasteiger partial charge in [0, 0.05) is 6.20 Å². The van der Waals surface area contributed by atoms with Gasteiger partial charge in [0.05, 0.1) is 5.56 Å². The molecule has 0 spiro atoms. The van der Waals surface area contributed by atoms with Gasteiger partial charge in [-0.05, 0) is 12.1 Å². The summed E-state index contributed by atoms with van der Waals surface area (Å²) in [6.07, 6.45) is 0.900. The molecule has 0 saturated heterocycles. The quantitative estimate of drug-likeness (QED) is 0.563. The first-order chi connectivity index (χ1) is 5.91. The summed E-state index contributed by atoms with van der Waals surface area (Å²) in [7, 11) is -4.37. The van der Waals surface area contributed by atoms with E-state index in [1.807, 2.05) is 0 Å². The average molecular weight is 203 g/mol. The number of aromatic nitrogens is 1. The van der Waals surface area contributed by atoms with E-state index in [9.17, 15) is 9.36 Å². The number of carboxylic acids is 1. The van der Waals surface area contributed by atoms with E-state index in [0.717, 1.165) is 18.3 Å². The van der Waals surface area contributed by atoms with Gasteiger partial charge in [0.15, 0.2) is 5.44 Å². The lowest BCUT2D eigenvalue weighted by Crippen LogP contribution is -2.10. The molecule has 0 saturated carbocycles. The normalized spacial score (nSPS) is 11.2. The molecule has 1 aromatic heterocycles. The lowest BCUT2D eigenvalue weighted by molar-refractivity contribution is 0.0696. The van der Waals surface area contributed by atoms with Gasteiger partial charge in [-0.25, -0.2) is 9.78 Å². The topological polar surface area (TPSA) is 108 Å². The van der Waals surface area contributed by atoms with E-state index < -0.39 is 19.0 Å². The van der Waals surface area contributed by atoms with Crippen LogP contribution in [0.4, 0.5) is 0 Å². The third-order valence-electron chi connectivity index (χ3n) is 1.29. The largest absolute Gasteiger partial charge is 0.478 e. The van der Waals surface area contributed by atoms with Crippen molar-refractivity contribution in [1.82, 2.24) is 4.98 Å². The van der Waals surface area contributed by atoms with E-state index in [-0.39, 0.29) is 5.56 Å². The smallest absolute Gasteiger partial charge is 0.374 e. The summed E-state index contributed by atoms with van der Waals surface area (Å²) in [5.41, 5.74) is -0.547. The Balaban J connectivity index is 3.08. The van der Waals surface area contributed by atoms with E-state index >= 15 is 0 Å². The van der Waals surface area contributed by atoms with Crippen molar-refractivity contribution in [2.45, 2.75) is 0 Å². The highest BCUT2D eigenvalue weighted by atomic mass is 31.2. The number of pyridine rings is 1. The molecule has 1 rings (SSSR count). The van der Waals surface area contributed by atoms with Crippen molar-refractivity contribution in [3.63, 3.8) is 0 Å². The van der Waals surface area contributed by atoms with Gasteiger partial charge < -0.3 is 14.9 Å².